The highest BCUT2D eigenvalue weighted by molar-refractivity contribution is 9.10. The Morgan fingerprint density at radius 3 is 2.50 bits per heavy atom. The van der Waals surface area contributed by atoms with Crippen molar-refractivity contribution in [3.63, 3.8) is 0 Å². The smallest absolute Gasteiger partial charge is 0.337 e. The van der Waals surface area contributed by atoms with E-state index in [-0.39, 0.29) is 22.0 Å². The summed E-state index contributed by atoms with van der Waals surface area (Å²) >= 11 is 9.47. The lowest BCUT2D eigenvalue weighted by molar-refractivity contribution is 0.0600. The van der Waals surface area contributed by atoms with Crippen molar-refractivity contribution in [2.75, 3.05) is 14.2 Å². The molecule has 0 fully saturated rings. The molecule has 128 valence electrons. The number of carbonyl (C=O) groups is 1. The maximum Gasteiger partial charge on any atom is 0.337 e. The van der Waals surface area contributed by atoms with Crippen LogP contribution in [0.2, 0.25) is 5.02 Å². The Morgan fingerprint density at radius 1 is 1.25 bits per heavy atom. The van der Waals surface area contributed by atoms with Crippen LogP contribution in [0.25, 0.3) is 0 Å². The topological polar surface area (TPSA) is 63.7 Å². The minimum Gasteiger partial charge on any atom is -0.465 e. The maximum absolute atomic E-state index is 12.7. The van der Waals surface area contributed by atoms with E-state index in [9.17, 15) is 13.2 Å². The van der Waals surface area contributed by atoms with Gasteiger partial charge in [-0.1, -0.05) is 45.7 Å². The van der Waals surface area contributed by atoms with Crippen LogP contribution >= 0.6 is 27.5 Å². The lowest BCUT2D eigenvalue weighted by Crippen LogP contribution is -2.27. The molecular weight excluding hydrogens is 418 g/mol. The number of rotatable bonds is 5. The van der Waals surface area contributed by atoms with Crippen molar-refractivity contribution >= 4 is 43.5 Å². The van der Waals surface area contributed by atoms with Gasteiger partial charge in [0, 0.05) is 18.1 Å². The van der Waals surface area contributed by atoms with E-state index in [0.717, 1.165) is 10.0 Å². The molecule has 2 aromatic rings. The standard InChI is InChI=1S/C16H15BrClNO4S/c1-19(10-12-5-3-4-6-13(12)17)24(21,22)15-8-7-11(9-14(15)18)16(20)23-2/h3-9H,10H2,1-2H3. The molecule has 0 aliphatic heterocycles. The molecule has 2 rings (SSSR count). The number of hydrogen-bond acceptors (Lipinski definition) is 4. The molecule has 0 amide bonds. The molecule has 0 spiro atoms. The molecule has 0 N–H and O–H groups in total. The molecule has 0 bridgehead atoms. The van der Waals surface area contributed by atoms with Crippen molar-refractivity contribution in [3.05, 3.63) is 63.1 Å². The number of hydrogen-bond donors (Lipinski definition) is 0. The van der Waals surface area contributed by atoms with Crippen molar-refractivity contribution in [3.8, 4) is 0 Å². The predicted molar refractivity (Wildman–Crippen MR) is 95.6 cm³/mol. The Morgan fingerprint density at radius 2 is 1.92 bits per heavy atom. The fourth-order valence-electron chi connectivity index (χ4n) is 2.07. The summed E-state index contributed by atoms with van der Waals surface area (Å²) in [5, 5.41) is -0.0307. The third kappa shape index (κ3) is 3.97. The van der Waals surface area contributed by atoms with E-state index in [1.54, 1.807) is 0 Å². The number of methoxy groups -OCH3 is 1. The van der Waals surface area contributed by atoms with Gasteiger partial charge in [0.1, 0.15) is 4.90 Å². The predicted octanol–water partition coefficient (Wildman–Crippen LogP) is 3.71. The van der Waals surface area contributed by atoms with Crippen LogP contribution in [0.1, 0.15) is 15.9 Å². The molecule has 0 saturated heterocycles. The van der Waals surface area contributed by atoms with E-state index in [0.29, 0.717) is 0 Å². The van der Waals surface area contributed by atoms with Gasteiger partial charge in [-0.05, 0) is 29.8 Å². The molecule has 0 radical (unpaired) electrons. The number of carbonyl (C=O) groups excluding carboxylic acids is 1. The molecule has 2 aromatic carbocycles. The second kappa shape index (κ2) is 7.65. The monoisotopic (exact) mass is 431 g/mol. The van der Waals surface area contributed by atoms with Gasteiger partial charge in [0.05, 0.1) is 17.7 Å². The molecule has 8 heteroatoms. The van der Waals surface area contributed by atoms with Gasteiger partial charge in [-0.15, -0.1) is 0 Å². The molecule has 0 aliphatic carbocycles. The van der Waals surface area contributed by atoms with Gasteiger partial charge in [0.25, 0.3) is 0 Å². The van der Waals surface area contributed by atoms with Crippen LogP contribution in [-0.2, 0) is 21.3 Å². The summed E-state index contributed by atoms with van der Waals surface area (Å²) in [6.07, 6.45) is 0. The fourth-order valence-corrected chi connectivity index (χ4v) is 4.15. The van der Waals surface area contributed by atoms with E-state index in [1.807, 2.05) is 24.3 Å². The van der Waals surface area contributed by atoms with Crippen molar-refractivity contribution in [1.29, 1.82) is 0 Å². The summed E-state index contributed by atoms with van der Waals surface area (Å²) in [5.74, 6) is -0.581. The second-order valence-corrected chi connectivity index (χ2v) is 8.26. The first-order valence-corrected chi connectivity index (χ1v) is 9.46. The first-order chi connectivity index (χ1) is 11.3. The molecule has 0 aromatic heterocycles. The summed E-state index contributed by atoms with van der Waals surface area (Å²) in [6.45, 7) is 0.179. The van der Waals surface area contributed by atoms with E-state index >= 15 is 0 Å². The largest absolute Gasteiger partial charge is 0.465 e. The van der Waals surface area contributed by atoms with Crippen LogP contribution in [0.4, 0.5) is 0 Å². The van der Waals surface area contributed by atoms with E-state index in [4.69, 9.17) is 11.6 Å². The number of ether oxygens (including phenoxy) is 1. The third-order valence-corrected chi connectivity index (χ3v) is 6.45. The van der Waals surface area contributed by atoms with Gasteiger partial charge in [-0.3, -0.25) is 0 Å². The molecule has 0 heterocycles. The molecule has 0 saturated carbocycles. The number of esters is 1. The third-order valence-electron chi connectivity index (χ3n) is 3.39. The molecule has 0 aliphatic rings. The highest BCUT2D eigenvalue weighted by Crippen LogP contribution is 2.27. The molecule has 0 unspecified atom stereocenters. The van der Waals surface area contributed by atoms with Crippen LogP contribution in [0.15, 0.2) is 51.8 Å². The van der Waals surface area contributed by atoms with E-state index in [1.165, 1.54) is 36.7 Å². The highest BCUT2D eigenvalue weighted by atomic mass is 79.9. The van der Waals surface area contributed by atoms with Gasteiger partial charge in [0.15, 0.2) is 0 Å². The van der Waals surface area contributed by atoms with Crippen molar-refractivity contribution in [2.24, 2.45) is 0 Å². The Labute approximate surface area is 154 Å². The van der Waals surface area contributed by atoms with Crippen molar-refractivity contribution in [2.45, 2.75) is 11.4 Å². The first kappa shape index (κ1) is 18.9. The average molecular weight is 433 g/mol. The Bertz CT molecular complexity index is 870. The normalized spacial score (nSPS) is 11.5. The number of nitrogens with zero attached hydrogens (tertiary/aromatic N) is 1. The van der Waals surface area contributed by atoms with Crippen LogP contribution in [-0.4, -0.2) is 32.8 Å². The zero-order valence-electron chi connectivity index (χ0n) is 13.0. The second-order valence-electron chi connectivity index (χ2n) is 4.99. The number of halogens is 2. The van der Waals surface area contributed by atoms with Crippen LogP contribution in [0.5, 0.6) is 0 Å². The van der Waals surface area contributed by atoms with Gasteiger partial charge >= 0.3 is 5.97 Å². The minimum atomic E-state index is -3.81. The van der Waals surface area contributed by atoms with Crippen LogP contribution in [0.3, 0.4) is 0 Å². The zero-order chi connectivity index (χ0) is 17.9. The van der Waals surface area contributed by atoms with Crippen molar-refractivity contribution in [1.82, 2.24) is 4.31 Å². The lowest BCUT2D eigenvalue weighted by atomic mass is 10.2. The summed E-state index contributed by atoms with van der Waals surface area (Å²) in [5.41, 5.74) is 1.01. The lowest BCUT2D eigenvalue weighted by Gasteiger charge is -2.19. The molecule has 24 heavy (non-hydrogen) atoms. The maximum atomic E-state index is 12.7. The number of benzene rings is 2. The van der Waals surface area contributed by atoms with Crippen LogP contribution in [0, 0.1) is 0 Å². The summed E-state index contributed by atoms with van der Waals surface area (Å²) in [4.78, 5) is 11.4. The van der Waals surface area contributed by atoms with Gasteiger partial charge in [-0.25, -0.2) is 13.2 Å². The van der Waals surface area contributed by atoms with E-state index in [2.05, 4.69) is 20.7 Å². The first-order valence-electron chi connectivity index (χ1n) is 6.85. The summed E-state index contributed by atoms with van der Waals surface area (Å²) in [6, 6.07) is 11.3. The molecule has 0 atom stereocenters. The Hall–Kier alpha value is -1.41. The Kier molecular flexibility index (Phi) is 6.03. The molecular formula is C16H15BrClNO4S. The van der Waals surface area contributed by atoms with Crippen LogP contribution < -0.4 is 0 Å². The number of sulfonamides is 1. The minimum absolute atomic E-state index is 0.0307. The fraction of sp³-hybridized carbons (Fsp3) is 0.188. The molecule has 5 nitrogen and oxygen atoms in total. The Balaban J connectivity index is 2.33. The zero-order valence-corrected chi connectivity index (χ0v) is 16.2. The summed E-state index contributed by atoms with van der Waals surface area (Å²) < 4.78 is 32.1. The van der Waals surface area contributed by atoms with Gasteiger partial charge in [-0.2, -0.15) is 4.31 Å². The van der Waals surface area contributed by atoms with Gasteiger partial charge < -0.3 is 4.74 Å². The van der Waals surface area contributed by atoms with E-state index < -0.39 is 16.0 Å². The SMILES string of the molecule is COC(=O)c1ccc(S(=O)(=O)N(C)Cc2ccccc2Br)c(Cl)c1. The highest BCUT2D eigenvalue weighted by Gasteiger charge is 2.25. The van der Waals surface area contributed by atoms with Crippen molar-refractivity contribution < 1.29 is 17.9 Å². The quantitative estimate of drug-likeness (QED) is 0.676. The van der Waals surface area contributed by atoms with Gasteiger partial charge in [0.2, 0.25) is 10.0 Å². The summed E-state index contributed by atoms with van der Waals surface area (Å²) in [7, 11) is -1.09. The average Bonchev–Trinajstić information content (AvgIpc) is 2.55.